The van der Waals surface area contributed by atoms with Crippen LogP contribution in [0, 0.1) is 0 Å². The second-order valence-corrected chi connectivity index (χ2v) is 6.61. The fourth-order valence-corrected chi connectivity index (χ4v) is 3.02. The molecular formula is C18H26ClN3O. The largest absolute Gasteiger partial charge is 0.351 e. The molecule has 0 bridgehead atoms. The number of nitrogens with zero attached hydrogens (tertiary/aromatic N) is 2. The van der Waals surface area contributed by atoms with Crippen LogP contribution in [0.15, 0.2) is 30.3 Å². The maximum Gasteiger partial charge on any atom is 0.244 e. The Kier molecular flexibility index (Phi) is 6.63. The number of halogens is 1. The summed E-state index contributed by atoms with van der Waals surface area (Å²) in [7, 11) is 4.24. The Labute approximate surface area is 144 Å². The highest BCUT2D eigenvalue weighted by Gasteiger charge is 2.22. The number of carbonyl (C=O) groups excluding carboxylic acids is 1. The van der Waals surface area contributed by atoms with Crippen LogP contribution in [-0.4, -0.2) is 62.0 Å². The van der Waals surface area contributed by atoms with Gasteiger partial charge in [-0.2, -0.15) is 0 Å². The molecule has 1 heterocycles. The zero-order chi connectivity index (χ0) is 16.8. The number of hydrogen-bond acceptors (Lipinski definition) is 3. The molecule has 1 atom stereocenters. The van der Waals surface area contributed by atoms with E-state index in [4.69, 9.17) is 11.6 Å². The van der Waals surface area contributed by atoms with Crippen molar-refractivity contribution in [3.05, 3.63) is 40.9 Å². The van der Waals surface area contributed by atoms with Crippen molar-refractivity contribution in [3.8, 4) is 0 Å². The van der Waals surface area contributed by atoms with Crippen molar-refractivity contribution < 1.29 is 4.79 Å². The summed E-state index contributed by atoms with van der Waals surface area (Å²) in [5, 5.41) is 3.72. The van der Waals surface area contributed by atoms with Crippen molar-refractivity contribution in [2.45, 2.75) is 19.4 Å². The Morgan fingerprint density at radius 2 is 2.17 bits per heavy atom. The summed E-state index contributed by atoms with van der Waals surface area (Å²) in [6.45, 7) is 5.81. The fraction of sp³-hybridized carbons (Fsp3) is 0.500. The van der Waals surface area contributed by atoms with Gasteiger partial charge in [0, 0.05) is 43.3 Å². The van der Waals surface area contributed by atoms with Crippen LogP contribution in [-0.2, 0) is 4.79 Å². The van der Waals surface area contributed by atoms with Crippen LogP contribution in [0.25, 0.3) is 5.57 Å². The first-order chi connectivity index (χ1) is 11.0. The lowest BCUT2D eigenvalue weighted by Crippen LogP contribution is -2.54. The molecule has 23 heavy (non-hydrogen) atoms. The van der Waals surface area contributed by atoms with Gasteiger partial charge in [0.2, 0.25) is 5.91 Å². The molecule has 0 saturated carbocycles. The topological polar surface area (TPSA) is 35.6 Å². The van der Waals surface area contributed by atoms with Gasteiger partial charge in [-0.25, -0.2) is 0 Å². The molecule has 1 amide bonds. The first kappa shape index (κ1) is 18.0. The first-order valence-electron chi connectivity index (χ1n) is 8.12. The maximum absolute atomic E-state index is 12.2. The van der Waals surface area contributed by atoms with E-state index in [2.05, 4.69) is 29.2 Å². The van der Waals surface area contributed by atoms with Crippen molar-refractivity contribution in [1.29, 1.82) is 0 Å². The summed E-state index contributed by atoms with van der Waals surface area (Å²) >= 11 is 6.04. The zero-order valence-electron chi connectivity index (χ0n) is 14.2. The molecule has 1 fully saturated rings. The molecule has 0 radical (unpaired) electrons. The average molecular weight is 336 g/mol. The molecule has 1 aliphatic rings. The van der Waals surface area contributed by atoms with E-state index in [0.717, 1.165) is 37.2 Å². The van der Waals surface area contributed by atoms with E-state index in [-0.39, 0.29) is 5.91 Å². The van der Waals surface area contributed by atoms with Gasteiger partial charge in [-0.15, -0.1) is 0 Å². The minimum Gasteiger partial charge on any atom is -0.351 e. The first-order valence-corrected chi connectivity index (χ1v) is 8.50. The Hall–Kier alpha value is -1.36. The SMILES string of the molecule is CCC(=CC(=O)NCC1CN(C)CCN1C)c1cccc(Cl)c1. The number of benzene rings is 1. The summed E-state index contributed by atoms with van der Waals surface area (Å²) < 4.78 is 0. The molecule has 1 saturated heterocycles. The van der Waals surface area contributed by atoms with E-state index in [1.54, 1.807) is 6.08 Å². The predicted molar refractivity (Wildman–Crippen MR) is 96.6 cm³/mol. The van der Waals surface area contributed by atoms with Crippen molar-refractivity contribution in [2.75, 3.05) is 40.3 Å². The molecule has 0 spiro atoms. The second kappa shape index (κ2) is 8.48. The van der Waals surface area contributed by atoms with Gasteiger partial charge in [-0.05, 0) is 43.8 Å². The highest BCUT2D eigenvalue weighted by atomic mass is 35.5. The molecule has 5 heteroatoms. The van der Waals surface area contributed by atoms with E-state index < -0.39 is 0 Å². The lowest BCUT2D eigenvalue weighted by molar-refractivity contribution is -0.116. The number of rotatable bonds is 5. The van der Waals surface area contributed by atoms with Gasteiger partial charge in [0.15, 0.2) is 0 Å². The molecule has 4 nitrogen and oxygen atoms in total. The van der Waals surface area contributed by atoms with Gasteiger partial charge in [0.05, 0.1) is 0 Å². The number of hydrogen-bond donors (Lipinski definition) is 1. The Morgan fingerprint density at radius 3 is 2.87 bits per heavy atom. The predicted octanol–water partition coefficient (Wildman–Crippen LogP) is 2.50. The molecule has 1 aliphatic heterocycles. The maximum atomic E-state index is 12.2. The average Bonchev–Trinajstić information content (AvgIpc) is 2.53. The highest BCUT2D eigenvalue weighted by Crippen LogP contribution is 2.21. The molecular weight excluding hydrogens is 310 g/mol. The van der Waals surface area contributed by atoms with Gasteiger partial charge in [-0.1, -0.05) is 30.7 Å². The van der Waals surface area contributed by atoms with E-state index in [1.165, 1.54) is 0 Å². The van der Waals surface area contributed by atoms with E-state index in [0.29, 0.717) is 17.6 Å². The molecule has 1 unspecified atom stereocenters. The monoisotopic (exact) mass is 335 g/mol. The van der Waals surface area contributed by atoms with Gasteiger partial charge < -0.3 is 10.2 Å². The molecule has 126 valence electrons. The normalized spacial score (nSPS) is 20.5. The lowest BCUT2D eigenvalue weighted by Gasteiger charge is -2.37. The van der Waals surface area contributed by atoms with Crippen LogP contribution in [0.1, 0.15) is 18.9 Å². The van der Waals surface area contributed by atoms with Crippen molar-refractivity contribution >= 4 is 23.1 Å². The Balaban J connectivity index is 1.96. The van der Waals surface area contributed by atoms with Gasteiger partial charge >= 0.3 is 0 Å². The van der Waals surface area contributed by atoms with Crippen LogP contribution < -0.4 is 5.32 Å². The molecule has 2 rings (SSSR count). The number of piperazine rings is 1. The smallest absolute Gasteiger partial charge is 0.244 e. The number of allylic oxidation sites excluding steroid dienone is 1. The summed E-state index contributed by atoms with van der Waals surface area (Å²) in [5.41, 5.74) is 2.00. The molecule has 1 aromatic carbocycles. The third-order valence-corrected chi connectivity index (χ3v) is 4.61. The van der Waals surface area contributed by atoms with Crippen LogP contribution in [0.4, 0.5) is 0 Å². The Bertz CT molecular complexity index is 573. The van der Waals surface area contributed by atoms with Gasteiger partial charge in [-0.3, -0.25) is 9.69 Å². The summed E-state index contributed by atoms with van der Waals surface area (Å²) in [5.74, 6) is -0.0385. The number of carbonyl (C=O) groups is 1. The van der Waals surface area contributed by atoms with Crippen LogP contribution in [0.3, 0.4) is 0 Å². The highest BCUT2D eigenvalue weighted by molar-refractivity contribution is 6.30. The molecule has 1 aromatic rings. The van der Waals surface area contributed by atoms with Crippen molar-refractivity contribution in [3.63, 3.8) is 0 Å². The van der Waals surface area contributed by atoms with Crippen molar-refractivity contribution in [2.24, 2.45) is 0 Å². The van der Waals surface area contributed by atoms with Crippen molar-refractivity contribution in [1.82, 2.24) is 15.1 Å². The quantitative estimate of drug-likeness (QED) is 0.840. The third-order valence-electron chi connectivity index (χ3n) is 4.37. The van der Waals surface area contributed by atoms with E-state index in [1.807, 2.05) is 31.2 Å². The summed E-state index contributed by atoms with van der Waals surface area (Å²) in [6, 6.07) is 7.99. The molecule has 1 N–H and O–H groups in total. The van der Waals surface area contributed by atoms with Gasteiger partial charge in [0.25, 0.3) is 0 Å². The number of likely N-dealkylation sites (N-methyl/N-ethyl adjacent to an activating group) is 2. The third kappa shape index (κ3) is 5.34. The summed E-state index contributed by atoms with van der Waals surface area (Å²) in [4.78, 5) is 16.9. The van der Waals surface area contributed by atoms with Crippen LogP contribution in [0.2, 0.25) is 5.02 Å². The minimum absolute atomic E-state index is 0.0385. The summed E-state index contributed by atoms with van der Waals surface area (Å²) in [6.07, 6.45) is 2.48. The van der Waals surface area contributed by atoms with E-state index >= 15 is 0 Å². The lowest BCUT2D eigenvalue weighted by atomic mass is 10.0. The minimum atomic E-state index is -0.0385. The fourth-order valence-electron chi connectivity index (χ4n) is 2.83. The molecule has 0 aromatic heterocycles. The van der Waals surface area contributed by atoms with Gasteiger partial charge in [0.1, 0.15) is 0 Å². The molecule has 0 aliphatic carbocycles. The van der Waals surface area contributed by atoms with E-state index in [9.17, 15) is 4.79 Å². The number of nitrogens with one attached hydrogen (secondary N) is 1. The second-order valence-electron chi connectivity index (χ2n) is 6.18. The number of amides is 1. The van der Waals surface area contributed by atoms with Crippen LogP contribution >= 0.6 is 11.6 Å². The standard InChI is InChI=1S/C18H26ClN3O/c1-4-14(15-6-5-7-16(19)10-15)11-18(23)20-12-17-13-21(2)8-9-22(17)3/h5-7,10-11,17H,4,8-9,12-13H2,1-3H3,(H,20,23). The Morgan fingerprint density at radius 1 is 1.39 bits per heavy atom. The van der Waals surface area contributed by atoms with Crippen LogP contribution in [0.5, 0.6) is 0 Å². The zero-order valence-corrected chi connectivity index (χ0v) is 14.9.